The summed E-state index contributed by atoms with van der Waals surface area (Å²) < 4.78 is 7.28. The van der Waals surface area contributed by atoms with Gasteiger partial charge in [-0.15, -0.1) is 5.92 Å². The minimum atomic E-state index is -0.554. The molecule has 1 unspecified atom stereocenters. The summed E-state index contributed by atoms with van der Waals surface area (Å²) in [4.78, 5) is 32.3. The number of piperidine rings is 1. The molecule has 37 heavy (non-hydrogen) atoms. The predicted octanol–water partition coefficient (Wildman–Crippen LogP) is 4.48. The second-order valence-corrected chi connectivity index (χ2v) is 10.2. The number of amides is 2. The fourth-order valence-corrected chi connectivity index (χ4v) is 4.58. The van der Waals surface area contributed by atoms with Gasteiger partial charge in [0, 0.05) is 25.7 Å². The number of nitrogens with zero attached hydrogens (tertiary/aromatic N) is 3. The number of anilines is 1. The molecule has 194 valence electrons. The maximum Gasteiger partial charge on any atom is 0.407 e. The standard InChI is InChI=1S/C29H35N5O3/c1-5-6-17-34-25(26(35)30-18-22-13-9-12-21-11-7-8-15-24(21)22)19-31-27(34)33-16-10-14-23(20-33)32-28(36)37-29(2,3)4/h7-9,11-13,15,19,23H,10,14,16-18,20H2,1-4H3,(H,30,35)(H,32,36). The first kappa shape index (κ1) is 26.1. The van der Waals surface area contributed by atoms with Crippen LogP contribution in [0.4, 0.5) is 10.7 Å². The summed E-state index contributed by atoms with van der Waals surface area (Å²) in [7, 11) is 0. The summed E-state index contributed by atoms with van der Waals surface area (Å²) in [5, 5.41) is 8.29. The van der Waals surface area contributed by atoms with E-state index < -0.39 is 11.7 Å². The highest BCUT2D eigenvalue weighted by atomic mass is 16.6. The Balaban J connectivity index is 1.49. The van der Waals surface area contributed by atoms with E-state index in [1.807, 2.05) is 49.6 Å². The molecule has 2 aromatic carbocycles. The van der Waals surface area contributed by atoms with Gasteiger partial charge in [0.15, 0.2) is 0 Å². The number of ether oxygens (including phenoxy) is 1. The van der Waals surface area contributed by atoms with Crippen molar-refractivity contribution in [2.24, 2.45) is 0 Å². The SMILES string of the molecule is CC#CCn1c(C(=O)NCc2cccc3ccccc23)cnc1N1CCCC(NC(=O)OC(C)(C)C)C1. The number of hydrogen-bond donors (Lipinski definition) is 2. The number of carbonyl (C=O) groups excluding carboxylic acids is 2. The second kappa shape index (κ2) is 11.4. The highest BCUT2D eigenvalue weighted by Gasteiger charge is 2.28. The van der Waals surface area contributed by atoms with Gasteiger partial charge in [-0.3, -0.25) is 9.36 Å². The zero-order valence-electron chi connectivity index (χ0n) is 22.0. The molecule has 2 amide bonds. The average Bonchev–Trinajstić information content (AvgIpc) is 3.29. The Labute approximate surface area is 218 Å². The van der Waals surface area contributed by atoms with Gasteiger partial charge in [-0.25, -0.2) is 9.78 Å². The van der Waals surface area contributed by atoms with Gasteiger partial charge in [0.1, 0.15) is 11.3 Å². The monoisotopic (exact) mass is 501 g/mol. The first-order valence-corrected chi connectivity index (χ1v) is 12.7. The molecule has 1 aromatic heterocycles. The third kappa shape index (κ3) is 6.62. The Morgan fingerprint density at radius 1 is 1.16 bits per heavy atom. The largest absolute Gasteiger partial charge is 0.444 e. The molecule has 1 saturated heterocycles. The lowest BCUT2D eigenvalue weighted by atomic mass is 10.0. The molecule has 0 aliphatic carbocycles. The van der Waals surface area contributed by atoms with Crippen molar-refractivity contribution in [2.45, 2.75) is 65.3 Å². The van der Waals surface area contributed by atoms with Gasteiger partial charge in [-0.2, -0.15) is 0 Å². The van der Waals surface area contributed by atoms with Crippen LogP contribution in [0.25, 0.3) is 10.8 Å². The molecule has 0 saturated carbocycles. The summed E-state index contributed by atoms with van der Waals surface area (Å²) in [6.45, 7) is 9.43. The van der Waals surface area contributed by atoms with E-state index in [4.69, 9.17) is 4.74 Å². The van der Waals surface area contributed by atoms with Crippen LogP contribution in [0.3, 0.4) is 0 Å². The van der Waals surface area contributed by atoms with Crippen LogP contribution in [0.5, 0.6) is 0 Å². The van der Waals surface area contributed by atoms with Crippen LogP contribution in [0.2, 0.25) is 0 Å². The van der Waals surface area contributed by atoms with E-state index in [0.717, 1.165) is 35.7 Å². The zero-order valence-corrected chi connectivity index (χ0v) is 22.0. The molecule has 0 bridgehead atoms. The first-order valence-electron chi connectivity index (χ1n) is 12.7. The number of rotatable bonds is 6. The molecule has 1 fully saturated rings. The van der Waals surface area contributed by atoms with E-state index in [0.29, 0.717) is 31.3 Å². The van der Waals surface area contributed by atoms with Gasteiger partial charge >= 0.3 is 6.09 Å². The van der Waals surface area contributed by atoms with Crippen LogP contribution in [-0.4, -0.2) is 46.3 Å². The quantitative estimate of drug-likeness (QED) is 0.486. The number of nitrogens with one attached hydrogen (secondary N) is 2. The van der Waals surface area contributed by atoms with Crippen molar-refractivity contribution in [2.75, 3.05) is 18.0 Å². The molecule has 4 rings (SSSR count). The van der Waals surface area contributed by atoms with Crippen molar-refractivity contribution in [3.8, 4) is 11.8 Å². The number of benzene rings is 2. The van der Waals surface area contributed by atoms with Crippen molar-refractivity contribution in [3.63, 3.8) is 0 Å². The number of aromatic nitrogens is 2. The summed E-state index contributed by atoms with van der Waals surface area (Å²) in [5.74, 6) is 6.45. The van der Waals surface area contributed by atoms with Gasteiger partial charge in [0.05, 0.1) is 12.7 Å². The van der Waals surface area contributed by atoms with Crippen molar-refractivity contribution >= 4 is 28.7 Å². The van der Waals surface area contributed by atoms with E-state index in [-0.39, 0.29) is 11.9 Å². The van der Waals surface area contributed by atoms with Crippen LogP contribution >= 0.6 is 0 Å². The van der Waals surface area contributed by atoms with Crippen molar-refractivity contribution < 1.29 is 14.3 Å². The predicted molar refractivity (Wildman–Crippen MR) is 145 cm³/mol. The Bertz CT molecular complexity index is 1320. The maximum absolute atomic E-state index is 13.3. The minimum Gasteiger partial charge on any atom is -0.444 e. The average molecular weight is 502 g/mol. The molecular formula is C29H35N5O3. The number of alkyl carbamates (subject to hydrolysis) is 1. The lowest BCUT2D eigenvalue weighted by Gasteiger charge is -2.34. The number of imidazole rings is 1. The van der Waals surface area contributed by atoms with E-state index in [9.17, 15) is 9.59 Å². The zero-order chi connectivity index (χ0) is 26.4. The van der Waals surface area contributed by atoms with Crippen molar-refractivity contribution in [3.05, 3.63) is 59.9 Å². The van der Waals surface area contributed by atoms with E-state index in [2.05, 4.69) is 50.6 Å². The molecule has 0 spiro atoms. The lowest BCUT2D eigenvalue weighted by Crippen LogP contribution is -2.49. The third-order valence-corrected chi connectivity index (χ3v) is 6.23. The molecule has 8 heteroatoms. The minimum absolute atomic E-state index is 0.0744. The third-order valence-electron chi connectivity index (χ3n) is 6.23. The second-order valence-electron chi connectivity index (χ2n) is 10.2. The molecule has 2 N–H and O–H groups in total. The van der Waals surface area contributed by atoms with Gasteiger partial charge < -0.3 is 20.3 Å². The summed E-state index contributed by atoms with van der Waals surface area (Å²) in [5.41, 5.74) is 0.959. The number of carbonyl (C=O) groups is 2. The van der Waals surface area contributed by atoms with Gasteiger partial charge in [0.25, 0.3) is 5.91 Å². The molecule has 3 aromatic rings. The Kier molecular flexibility index (Phi) is 8.02. The number of fused-ring (bicyclic) bond motifs is 1. The molecule has 2 heterocycles. The highest BCUT2D eigenvalue weighted by molar-refractivity contribution is 5.93. The molecule has 1 aliphatic rings. The normalized spacial score (nSPS) is 15.6. The Hall–Kier alpha value is -3.99. The summed E-state index contributed by atoms with van der Waals surface area (Å²) >= 11 is 0. The van der Waals surface area contributed by atoms with E-state index in [1.165, 1.54) is 0 Å². The molecule has 0 radical (unpaired) electrons. The Morgan fingerprint density at radius 3 is 2.73 bits per heavy atom. The van der Waals surface area contributed by atoms with Gasteiger partial charge in [-0.1, -0.05) is 48.4 Å². The molecule has 8 nitrogen and oxygen atoms in total. The fraction of sp³-hybridized carbons (Fsp3) is 0.414. The van der Waals surface area contributed by atoms with Crippen molar-refractivity contribution in [1.82, 2.24) is 20.2 Å². The smallest absolute Gasteiger partial charge is 0.407 e. The number of hydrogen-bond acceptors (Lipinski definition) is 5. The van der Waals surface area contributed by atoms with Crippen LogP contribution in [0.1, 0.15) is 56.6 Å². The Morgan fingerprint density at radius 2 is 1.95 bits per heavy atom. The summed E-state index contributed by atoms with van der Waals surface area (Å²) in [6, 6.07) is 14.2. The van der Waals surface area contributed by atoms with Crippen LogP contribution in [0, 0.1) is 11.8 Å². The van der Waals surface area contributed by atoms with Gasteiger partial charge in [-0.05, 0) is 56.9 Å². The molecule has 1 aliphatic heterocycles. The van der Waals surface area contributed by atoms with E-state index >= 15 is 0 Å². The topological polar surface area (TPSA) is 88.5 Å². The molecule has 1 atom stereocenters. The van der Waals surface area contributed by atoms with Crippen LogP contribution < -0.4 is 15.5 Å². The van der Waals surface area contributed by atoms with Crippen LogP contribution in [0.15, 0.2) is 48.7 Å². The lowest BCUT2D eigenvalue weighted by molar-refractivity contribution is 0.0499. The van der Waals surface area contributed by atoms with Gasteiger partial charge in [0.2, 0.25) is 5.95 Å². The van der Waals surface area contributed by atoms with Crippen LogP contribution in [-0.2, 0) is 17.8 Å². The fourth-order valence-electron chi connectivity index (χ4n) is 4.58. The first-order chi connectivity index (χ1) is 17.7. The van der Waals surface area contributed by atoms with E-state index in [1.54, 1.807) is 13.1 Å². The highest BCUT2D eigenvalue weighted by Crippen LogP contribution is 2.22. The summed E-state index contributed by atoms with van der Waals surface area (Å²) in [6.07, 6.45) is 2.92. The maximum atomic E-state index is 13.3. The molecular weight excluding hydrogens is 466 g/mol. The van der Waals surface area contributed by atoms with Crippen molar-refractivity contribution in [1.29, 1.82) is 0 Å².